The van der Waals surface area contributed by atoms with Crippen LogP contribution in [0.25, 0.3) is 0 Å². The molecule has 0 unspecified atom stereocenters. The first-order valence-corrected chi connectivity index (χ1v) is 9.89. The van der Waals surface area contributed by atoms with Crippen molar-refractivity contribution in [1.29, 1.82) is 0 Å². The number of rotatable bonds is 6. The number of hydrogen-bond acceptors (Lipinski definition) is 4. The van der Waals surface area contributed by atoms with Gasteiger partial charge in [0.05, 0.1) is 4.90 Å². The predicted octanol–water partition coefficient (Wildman–Crippen LogP) is 3.35. The summed E-state index contributed by atoms with van der Waals surface area (Å²) in [6.07, 6.45) is 0. The minimum Gasteiger partial charge on any atom is -0.326 e. The van der Waals surface area contributed by atoms with Gasteiger partial charge in [0.1, 0.15) is 5.75 Å². The van der Waals surface area contributed by atoms with Crippen LogP contribution in [0.3, 0.4) is 0 Å². The molecule has 2 rings (SSSR count). The fraction of sp³-hybridized carbons (Fsp3) is 0.222. The molecule has 8 heteroatoms. The van der Waals surface area contributed by atoms with Crippen LogP contribution >= 0.6 is 11.6 Å². The molecule has 0 radical (unpaired) electrons. The van der Waals surface area contributed by atoms with Gasteiger partial charge in [-0.25, -0.2) is 8.42 Å². The molecule has 0 aliphatic rings. The van der Waals surface area contributed by atoms with Gasteiger partial charge < -0.3 is 10.6 Å². The van der Waals surface area contributed by atoms with Crippen molar-refractivity contribution in [2.75, 3.05) is 16.4 Å². The van der Waals surface area contributed by atoms with Crippen molar-refractivity contribution in [2.24, 2.45) is 5.92 Å². The molecule has 0 saturated carbocycles. The van der Waals surface area contributed by atoms with E-state index >= 15 is 0 Å². The zero-order valence-electron chi connectivity index (χ0n) is 14.3. The summed E-state index contributed by atoms with van der Waals surface area (Å²) in [6.45, 7) is 3.57. The number of nitrogens with one attached hydrogen (secondary N) is 2. The zero-order chi connectivity index (χ0) is 19.3. The first kappa shape index (κ1) is 19.9. The molecule has 0 heterocycles. The van der Waals surface area contributed by atoms with Gasteiger partial charge in [-0.1, -0.05) is 25.4 Å². The van der Waals surface area contributed by atoms with E-state index in [4.69, 9.17) is 11.6 Å². The number of sulfone groups is 1. The fourth-order valence-corrected chi connectivity index (χ4v) is 3.28. The highest BCUT2D eigenvalue weighted by atomic mass is 35.5. The van der Waals surface area contributed by atoms with Crippen LogP contribution in [0, 0.1) is 5.92 Å². The molecule has 0 fully saturated rings. The lowest BCUT2D eigenvalue weighted by Crippen LogP contribution is -2.23. The summed E-state index contributed by atoms with van der Waals surface area (Å²) < 4.78 is 24.5. The summed E-state index contributed by atoms with van der Waals surface area (Å²) in [5.74, 6) is -1.59. The molecule has 0 bridgehead atoms. The van der Waals surface area contributed by atoms with Crippen molar-refractivity contribution in [1.82, 2.24) is 0 Å². The topological polar surface area (TPSA) is 92.3 Å². The van der Waals surface area contributed by atoms with Crippen molar-refractivity contribution in [3.8, 4) is 0 Å². The van der Waals surface area contributed by atoms with E-state index in [0.717, 1.165) is 0 Å². The minimum absolute atomic E-state index is 0.0313. The van der Waals surface area contributed by atoms with Crippen LogP contribution in [-0.2, 0) is 19.4 Å². The average Bonchev–Trinajstić information content (AvgIpc) is 2.56. The Morgan fingerprint density at radius 1 is 0.923 bits per heavy atom. The lowest BCUT2D eigenvalue weighted by Gasteiger charge is -2.10. The number of carbonyl (C=O) groups excluding carboxylic acids is 2. The molecule has 2 aromatic carbocycles. The van der Waals surface area contributed by atoms with Gasteiger partial charge in [-0.05, 0) is 48.5 Å². The van der Waals surface area contributed by atoms with Crippen molar-refractivity contribution in [2.45, 2.75) is 18.7 Å². The average molecular weight is 395 g/mol. The molecular weight excluding hydrogens is 376 g/mol. The highest BCUT2D eigenvalue weighted by Crippen LogP contribution is 2.17. The first-order chi connectivity index (χ1) is 12.2. The van der Waals surface area contributed by atoms with Crippen molar-refractivity contribution < 1.29 is 18.0 Å². The van der Waals surface area contributed by atoms with E-state index in [0.29, 0.717) is 16.4 Å². The number of anilines is 2. The summed E-state index contributed by atoms with van der Waals surface area (Å²) in [6, 6.07) is 12.1. The Kier molecular flexibility index (Phi) is 6.39. The molecule has 0 spiro atoms. The van der Waals surface area contributed by atoms with Crippen molar-refractivity contribution in [3.05, 3.63) is 53.6 Å². The van der Waals surface area contributed by atoms with Gasteiger partial charge in [-0.3, -0.25) is 9.59 Å². The maximum atomic E-state index is 12.2. The summed E-state index contributed by atoms with van der Waals surface area (Å²) >= 11 is 5.74. The van der Waals surface area contributed by atoms with Gasteiger partial charge in [0.2, 0.25) is 11.8 Å². The standard InChI is InChI=1S/C18H19ClN2O4S/c1-12(2)18(23)21-15-7-5-14(6-8-15)20-17(22)11-26(24,25)16-9-3-13(19)4-10-16/h3-10,12H,11H2,1-2H3,(H,20,22)(H,21,23). The second-order valence-electron chi connectivity index (χ2n) is 5.98. The van der Waals surface area contributed by atoms with Gasteiger partial charge in [0, 0.05) is 22.3 Å². The van der Waals surface area contributed by atoms with Crippen molar-refractivity contribution >= 4 is 44.6 Å². The zero-order valence-corrected chi connectivity index (χ0v) is 15.9. The number of halogens is 1. The third-order valence-corrected chi connectivity index (χ3v) is 5.34. The summed E-state index contributed by atoms with van der Waals surface area (Å²) in [5.41, 5.74) is 1.03. The molecule has 6 nitrogen and oxygen atoms in total. The third kappa shape index (κ3) is 5.57. The smallest absolute Gasteiger partial charge is 0.239 e. The minimum atomic E-state index is -3.76. The van der Waals surface area contributed by atoms with Crippen LogP contribution in [0.2, 0.25) is 5.02 Å². The molecular formula is C18H19ClN2O4S. The van der Waals surface area contributed by atoms with E-state index in [2.05, 4.69) is 10.6 Å². The van der Waals surface area contributed by atoms with Gasteiger partial charge in [0.25, 0.3) is 0 Å². The lowest BCUT2D eigenvalue weighted by atomic mass is 10.2. The Bertz CT molecular complexity index is 892. The molecule has 0 atom stereocenters. The molecule has 0 aromatic heterocycles. The Balaban J connectivity index is 1.99. The summed E-state index contributed by atoms with van der Waals surface area (Å²) in [7, 11) is -3.76. The van der Waals surface area contributed by atoms with Crippen LogP contribution in [0.1, 0.15) is 13.8 Å². The second kappa shape index (κ2) is 8.33. The monoisotopic (exact) mass is 394 g/mol. The Morgan fingerprint density at radius 3 is 1.92 bits per heavy atom. The molecule has 0 aliphatic heterocycles. The maximum absolute atomic E-state index is 12.2. The Labute approximate surface area is 157 Å². The highest BCUT2D eigenvalue weighted by Gasteiger charge is 2.19. The van der Waals surface area contributed by atoms with Gasteiger partial charge in [-0.15, -0.1) is 0 Å². The Morgan fingerprint density at radius 2 is 1.42 bits per heavy atom. The van der Waals surface area contributed by atoms with Crippen LogP contribution in [0.15, 0.2) is 53.4 Å². The Hall–Kier alpha value is -2.38. The number of benzene rings is 2. The van der Waals surface area contributed by atoms with E-state index < -0.39 is 21.5 Å². The van der Waals surface area contributed by atoms with Crippen LogP contribution in [0.4, 0.5) is 11.4 Å². The predicted molar refractivity (Wildman–Crippen MR) is 102 cm³/mol. The van der Waals surface area contributed by atoms with E-state index in [1.54, 1.807) is 38.1 Å². The van der Waals surface area contributed by atoms with Gasteiger partial charge in [0.15, 0.2) is 9.84 Å². The normalized spacial score (nSPS) is 11.2. The lowest BCUT2D eigenvalue weighted by molar-refractivity contribution is -0.119. The van der Waals surface area contributed by atoms with E-state index in [9.17, 15) is 18.0 Å². The summed E-state index contributed by atoms with van der Waals surface area (Å²) in [5, 5.41) is 5.67. The fourth-order valence-electron chi connectivity index (χ4n) is 2.02. The van der Waals surface area contributed by atoms with E-state index in [1.807, 2.05) is 0 Å². The van der Waals surface area contributed by atoms with Gasteiger partial charge in [-0.2, -0.15) is 0 Å². The SMILES string of the molecule is CC(C)C(=O)Nc1ccc(NC(=O)CS(=O)(=O)c2ccc(Cl)cc2)cc1. The third-order valence-electron chi connectivity index (χ3n) is 3.45. The molecule has 2 amide bonds. The quantitative estimate of drug-likeness (QED) is 0.785. The van der Waals surface area contributed by atoms with E-state index in [-0.39, 0.29) is 16.7 Å². The molecule has 0 aliphatic carbocycles. The van der Waals surface area contributed by atoms with Gasteiger partial charge >= 0.3 is 0 Å². The number of amides is 2. The summed E-state index contributed by atoms with van der Waals surface area (Å²) in [4.78, 5) is 23.7. The molecule has 0 saturated heterocycles. The molecule has 2 aromatic rings. The molecule has 138 valence electrons. The van der Waals surface area contributed by atoms with Crippen LogP contribution in [-0.4, -0.2) is 26.0 Å². The number of hydrogen-bond donors (Lipinski definition) is 2. The highest BCUT2D eigenvalue weighted by molar-refractivity contribution is 7.92. The van der Waals surface area contributed by atoms with E-state index in [1.165, 1.54) is 24.3 Å². The number of carbonyl (C=O) groups is 2. The maximum Gasteiger partial charge on any atom is 0.239 e. The first-order valence-electron chi connectivity index (χ1n) is 7.86. The largest absolute Gasteiger partial charge is 0.326 e. The van der Waals surface area contributed by atoms with Crippen molar-refractivity contribution in [3.63, 3.8) is 0 Å². The molecule has 26 heavy (non-hydrogen) atoms. The molecule has 2 N–H and O–H groups in total. The van der Waals surface area contributed by atoms with Crippen LogP contribution < -0.4 is 10.6 Å². The second-order valence-corrected chi connectivity index (χ2v) is 8.41. The van der Waals surface area contributed by atoms with Crippen LogP contribution in [0.5, 0.6) is 0 Å².